The van der Waals surface area contributed by atoms with E-state index in [-0.39, 0.29) is 25.6 Å². The quantitative estimate of drug-likeness (QED) is 0.224. The van der Waals surface area contributed by atoms with Gasteiger partial charge in [0, 0.05) is 0 Å². The molecule has 7 nitrogen and oxygen atoms in total. The zero-order valence-corrected chi connectivity index (χ0v) is 18.7. The third kappa shape index (κ3) is 8.90. The summed E-state index contributed by atoms with van der Waals surface area (Å²) in [7, 11) is -4.85. The van der Waals surface area contributed by atoms with Crippen molar-refractivity contribution in [3.8, 4) is 0 Å². The summed E-state index contributed by atoms with van der Waals surface area (Å²) in [6.07, 6.45) is 6.24. The van der Waals surface area contributed by atoms with Gasteiger partial charge in [0.15, 0.2) is 0 Å². The van der Waals surface area contributed by atoms with E-state index in [0.29, 0.717) is 6.42 Å². The van der Waals surface area contributed by atoms with Crippen LogP contribution in [0, 0.1) is 5.92 Å². The molecule has 0 aromatic rings. The topological polar surface area (TPSA) is 107 Å². The van der Waals surface area contributed by atoms with Gasteiger partial charge in [0.05, 0.1) is 19.6 Å². The molecule has 0 saturated heterocycles. The van der Waals surface area contributed by atoms with E-state index in [0.717, 1.165) is 44.9 Å². The molecule has 0 amide bonds. The van der Waals surface area contributed by atoms with Crippen molar-refractivity contribution in [2.45, 2.75) is 96.7 Å². The Kier molecular flexibility index (Phi) is 13.4. The van der Waals surface area contributed by atoms with Crippen LogP contribution < -0.4 is 0 Å². The van der Waals surface area contributed by atoms with Crippen molar-refractivity contribution >= 4 is 22.1 Å². The molecule has 28 heavy (non-hydrogen) atoms. The first-order valence-corrected chi connectivity index (χ1v) is 11.9. The second-order valence-electron chi connectivity index (χ2n) is 7.30. The molecule has 0 spiro atoms. The van der Waals surface area contributed by atoms with Gasteiger partial charge in [0.25, 0.3) is 10.1 Å². The Labute approximate surface area is 170 Å². The highest BCUT2D eigenvalue weighted by Gasteiger charge is 2.52. The lowest BCUT2D eigenvalue weighted by Gasteiger charge is -2.26. The Morgan fingerprint density at radius 3 is 2.11 bits per heavy atom. The van der Waals surface area contributed by atoms with Crippen LogP contribution in [0.5, 0.6) is 0 Å². The van der Waals surface area contributed by atoms with Crippen LogP contribution >= 0.6 is 0 Å². The summed E-state index contributed by atoms with van der Waals surface area (Å²) in [5, 5.41) is 0. The van der Waals surface area contributed by atoms with Gasteiger partial charge in [0.1, 0.15) is 0 Å². The van der Waals surface area contributed by atoms with Crippen molar-refractivity contribution in [2.75, 3.05) is 13.2 Å². The van der Waals surface area contributed by atoms with E-state index < -0.39 is 33.2 Å². The molecule has 0 aromatic carbocycles. The van der Waals surface area contributed by atoms with Crippen LogP contribution in [-0.4, -0.2) is 42.9 Å². The zero-order chi connectivity index (χ0) is 21.6. The van der Waals surface area contributed by atoms with E-state index in [1.54, 1.807) is 0 Å². The standard InChI is InChI=1S/C20H38O7S/c1-5-9-11-12-14-26-19(22)20(8-4,28(23,24)25)15-18(21)27-16-17(7-3)13-10-6-2/h17H,5-16H2,1-4H3,(H,23,24,25). The fourth-order valence-corrected chi connectivity index (χ4v) is 3.87. The average Bonchev–Trinajstić information content (AvgIpc) is 2.64. The number of ether oxygens (including phenoxy) is 2. The zero-order valence-electron chi connectivity index (χ0n) is 17.9. The Balaban J connectivity index is 5.00. The predicted molar refractivity (Wildman–Crippen MR) is 109 cm³/mol. The minimum atomic E-state index is -4.85. The molecule has 1 N–H and O–H groups in total. The fraction of sp³-hybridized carbons (Fsp3) is 0.900. The van der Waals surface area contributed by atoms with Gasteiger partial charge >= 0.3 is 11.9 Å². The molecule has 0 heterocycles. The van der Waals surface area contributed by atoms with Crippen LogP contribution in [0.3, 0.4) is 0 Å². The summed E-state index contributed by atoms with van der Waals surface area (Å²) in [5.41, 5.74) is 0. The van der Waals surface area contributed by atoms with Gasteiger partial charge in [-0.2, -0.15) is 8.42 Å². The summed E-state index contributed by atoms with van der Waals surface area (Å²) in [5.74, 6) is -1.72. The minimum absolute atomic E-state index is 0.0556. The molecule has 0 rings (SSSR count). The van der Waals surface area contributed by atoms with Crippen molar-refractivity contribution in [3.05, 3.63) is 0 Å². The molecule has 0 aromatic heterocycles. The maximum absolute atomic E-state index is 12.5. The van der Waals surface area contributed by atoms with Crippen LogP contribution in [0.1, 0.15) is 91.9 Å². The van der Waals surface area contributed by atoms with Crippen LogP contribution in [0.4, 0.5) is 0 Å². The molecule has 0 aliphatic heterocycles. The molecule has 0 radical (unpaired) electrons. The van der Waals surface area contributed by atoms with Crippen molar-refractivity contribution in [1.82, 2.24) is 0 Å². The molecule has 0 aliphatic rings. The Morgan fingerprint density at radius 2 is 1.61 bits per heavy atom. The number of rotatable bonds is 16. The lowest BCUT2D eigenvalue weighted by Crippen LogP contribution is -2.49. The van der Waals surface area contributed by atoms with Gasteiger partial charge in [0.2, 0.25) is 4.75 Å². The first-order chi connectivity index (χ1) is 13.2. The second-order valence-corrected chi connectivity index (χ2v) is 9.03. The van der Waals surface area contributed by atoms with Crippen LogP contribution in [0.15, 0.2) is 0 Å². The summed E-state index contributed by atoms with van der Waals surface area (Å²) in [4.78, 5) is 24.8. The molecule has 2 unspecified atom stereocenters. The van der Waals surface area contributed by atoms with Crippen molar-refractivity contribution in [3.63, 3.8) is 0 Å². The number of carbonyl (C=O) groups is 2. The van der Waals surface area contributed by atoms with Crippen molar-refractivity contribution in [1.29, 1.82) is 0 Å². The number of hydrogen-bond donors (Lipinski definition) is 1. The number of carbonyl (C=O) groups excluding carboxylic acids is 2. The SMILES string of the molecule is CCCCCCOC(=O)C(CC)(CC(=O)OCC(CC)CCCC)S(=O)(=O)O. The van der Waals surface area contributed by atoms with Crippen LogP contribution in [0.2, 0.25) is 0 Å². The first kappa shape index (κ1) is 26.9. The Morgan fingerprint density at radius 1 is 0.964 bits per heavy atom. The summed E-state index contributed by atoms with van der Waals surface area (Å²) < 4.78 is 41.6. The summed E-state index contributed by atoms with van der Waals surface area (Å²) in [6.45, 7) is 7.78. The van der Waals surface area contributed by atoms with Gasteiger partial charge in [-0.1, -0.05) is 66.2 Å². The molecule has 0 bridgehead atoms. The molecule has 0 saturated carbocycles. The minimum Gasteiger partial charge on any atom is -0.465 e. The third-order valence-electron chi connectivity index (χ3n) is 5.12. The normalized spacial score (nSPS) is 14.9. The van der Waals surface area contributed by atoms with Crippen molar-refractivity contribution in [2.24, 2.45) is 5.92 Å². The number of hydrogen-bond acceptors (Lipinski definition) is 6. The Bertz CT molecular complexity index is 559. The van der Waals surface area contributed by atoms with E-state index in [4.69, 9.17) is 9.47 Å². The number of esters is 2. The predicted octanol–water partition coefficient (Wildman–Crippen LogP) is 4.30. The molecule has 2 atom stereocenters. The van der Waals surface area contributed by atoms with Crippen LogP contribution in [0.25, 0.3) is 0 Å². The first-order valence-electron chi connectivity index (χ1n) is 10.5. The van der Waals surface area contributed by atoms with Gasteiger partial charge in [-0.3, -0.25) is 14.1 Å². The monoisotopic (exact) mass is 422 g/mol. The third-order valence-corrected chi connectivity index (χ3v) is 6.71. The largest absolute Gasteiger partial charge is 0.465 e. The van der Waals surface area contributed by atoms with Gasteiger partial charge in [-0.05, 0) is 25.2 Å². The lowest BCUT2D eigenvalue weighted by molar-refractivity contribution is -0.154. The highest BCUT2D eigenvalue weighted by Crippen LogP contribution is 2.28. The molecular formula is C20H38O7S. The molecule has 0 aliphatic carbocycles. The lowest BCUT2D eigenvalue weighted by atomic mass is 10.00. The fourth-order valence-electron chi connectivity index (χ4n) is 2.94. The van der Waals surface area contributed by atoms with E-state index >= 15 is 0 Å². The number of unbranched alkanes of at least 4 members (excludes halogenated alkanes) is 4. The smallest absolute Gasteiger partial charge is 0.330 e. The van der Waals surface area contributed by atoms with Gasteiger partial charge in [-0.25, -0.2) is 0 Å². The summed E-state index contributed by atoms with van der Waals surface area (Å²) >= 11 is 0. The van der Waals surface area contributed by atoms with E-state index in [1.165, 1.54) is 6.92 Å². The van der Waals surface area contributed by atoms with Gasteiger partial charge < -0.3 is 9.47 Å². The van der Waals surface area contributed by atoms with E-state index in [9.17, 15) is 22.6 Å². The maximum atomic E-state index is 12.5. The Hall–Kier alpha value is -1.15. The average molecular weight is 423 g/mol. The highest BCUT2D eigenvalue weighted by molar-refractivity contribution is 7.88. The summed E-state index contributed by atoms with van der Waals surface area (Å²) in [6, 6.07) is 0. The van der Waals surface area contributed by atoms with E-state index in [1.807, 2.05) is 13.8 Å². The van der Waals surface area contributed by atoms with Crippen LogP contribution in [-0.2, 0) is 29.2 Å². The highest BCUT2D eigenvalue weighted by atomic mass is 32.2. The molecule has 166 valence electrons. The molecular weight excluding hydrogens is 384 g/mol. The van der Waals surface area contributed by atoms with Gasteiger partial charge in [-0.15, -0.1) is 0 Å². The van der Waals surface area contributed by atoms with E-state index in [2.05, 4.69) is 6.92 Å². The second kappa shape index (κ2) is 13.9. The molecule has 8 heteroatoms. The molecule has 0 fully saturated rings. The van der Waals surface area contributed by atoms with Crippen molar-refractivity contribution < 1.29 is 32.0 Å². The maximum Gasteiger partial charge on any atom is 0.330 e.